The molecule has 0 aliphatic heterocycles. The highest BCUT2D eigenvalue weighted by Gasteiger charge is 2.30. The zero-order chi connectivity index (χ0) is 24.8. The molecule has 0 bridgehead atoms. The number of hydrogen-bond acceptors (Lipinski definition) is 4. The summed E-state index contributed by atoms with van der Waals surface area (Å²) in [5.41, 5.74) is 4.83. The zero-order valence-electron chi connectivity index (χ0n) is 18.9. The molecular weight excluding hydrogens is 451 g/mol. The van der Waals surface area contributed by atoms with Gasteiger partial charge in [0.2, 0.25) is 5.91 Å². The molecule has 0 radical (unpaired) electrons. The topological polar surface area (TPSA) is 105 Å². The van der Waals surface area contributed by atoms with E-state index in [0.29, 0.717) is 5.56 Å². The third-order valence-corrected chi connectivity index (χ3v) is 5.95. The van der Waals surface area contributed by atoms with Gasteiger partial charge in [-0.05, 0) is 46.4 Å². The lowest BCUT2D eigenvalue weighted by Gasteiger charge is -2.19. The van der Waals surface area contributed by atoms with E-state index < -0.39 is 29.8 Å². The molecule has 0 aromatic heterocycles. The Bertz CT molecular complexity index is 1200. The number of carboxylic acid groups (broad SMARTS) is 1. The van der Waals surface area contributed by atoms with Crippen molar-refractivity contribution in [3.8, 4) is 11.1 Å². The molecule has 3 N–H and O–H groups in total. The molecular formula is C27H25FN2O5. The Morgan fingerprint density at radius 3 is 2.23 bits per heavy atom. The summed E-state index contributed by atoms with van der Waals surface area (Å²) in [6, 6.07) is 20.5. The molecule has 2 amide bonds. The lowest BCUT2D eigenvalue weighted by molar-refractivity contribution is -0.137. The van der Waals surface area contributed by atoms with Crippen LogP contribution in [-0.2, 0) is 20.9 Å². The summed E-state index contributed by atoms with van der Waals surface area (Å²) in [5, 5.41) is 14.1. The van der Waals surface area contributed by atoms with Gasteiger partial charge in [0, 0.05) is 18.9 Å². The zero-order valence-corrected chi connectivity index (χ0v) is 18.9. The van der Waals surface area contributed by atoms with Gasteiger partial charge < -0.3 is 20.5 Å². The molecule has 180 valence electrons. The minimum Gasteiger partial charge on any atom is -0.481 e. The van der Waals surface area contributed by atoms with Crippen molar-refractivity contribution in [1.29, 1.82) is 0 Å². The maximum absolute atomic E-state index is 13.4. The van der Waals surface area contributed by atoms with Crippen molar-refractivity contribution in [1.82, 2.24) is 10.6 Å². The molecule has 1 aliphatic carbocycles. The Morgan fingerprint density at radius 2 is 1.60 bits per heavy atom. The van der Waals surface area contributed by atoms with Crippen molar-refractivity contribution < 1.29 is 28.6 Å². The number of rotatable bonds is 9. The summed E-state index contributed by atoms with van der Waals surface area (Å²) in [5.74, 6) is -2.25. The first-order valence-corrected chi connectivity index (χ1v) is 11.3. The molecule has 0 fully saturated rings. The number of nitrogens with one attached hydrogen (secondary N) is 2. The van der Waals surface area contributed by atoms with E-state index >= 15 is 0 Å². The standard InChI is InChI=1S/C27H25FN2O5/c28-18-7-5-6-17(14-18)15-29-26(33)24(12-13-25(31)32)30-27(34)35-16-23-21-10-3-1-8-19(21)20-9-2-4-11-22(20)23/h1-11,14,23-24H,12-13,15-16H2,(H,29,33)(H,30,34)(H,31,32)/t24-/m0/s1. The third-order valence-electron chi connectivity index (χ3n) is 5.95. The van der Waals surface area contributed by atoms with Gasteiger partial charge in [0.1, 0.15) is 18.5 Å². The molecule has 7 nitrogen and oxygen atoms in total. The van der Waals surface area contributed by atoms with Gasteiger partial charge in [0.05, 0.1) is 0 Å². The van der Waals surface area contributed by atoms with Crippen LogP contribution in [-0.4, -0.2) is 35.7 Å². The number of aliphatic carboxylic acids is 1. The Labute approximate surface area is 201 Å². The van der Waals surface area contributed by atoms with Crippen molar-refractivity contribution in [3.05, 3.63) is 95.3 Å². The first kappa shape index (κ1) is 23.9. The van der Waals surface area contributed by atoms with Crippen LogP contribution in [0.15, 0.2) is 72.8 Å². The monoisotopic (exact) mass is 476 g/mol. The van der Waals surface area contributed by atoms with Gasteiger partial charge in [-0.25, -0.2) is 9.18 Å². The summed E-state index contributed by atoms with van der Waals surface area (Å²) in [4.78, 5) is 36.3. The Morgan fingerprint density at radius 1 is 0.943 bits per heavy atom. The molecule has 3 aromatic rings. The molecule has 3 aromatic carbocycles. The number of ether oxygens (including phenoxy) is 1. The third kappa shape index (κ3) is 5.84. The Balaban J connectivity index is 1.39. The number of amides is 2. The number of carbonyl (C=O) groups is 3. The fourth-order valence-corrected chi connectivity index (χ4v) is 4.28. The Kier molecular flexibility index (Phi) is 7.40. The van der Waals surface area contributed by atoms with Crippen molar-refractivity contribution in [2.75, 3.05) is 6.61 Å². The summed E-state index contributed by atoms with van der Waals surface area (Å²) in [7, 11) is 0. The SMILES string of the molecule is O=C(O)CC[C@H](NC(=O)OCC1c2ccccc2-c2ccccc21)C(=O)NCc1cccc(F)c1. The van der Waals surface area contributed by atoms with Gasteiger partial charge in [0.25, 0.3) is 0 Å². The van der Waals surface area contributed by atoms with E-state index in [4.69, 9.17) is 9.84 Å². The van der Waals surface area contributed by atoms with Crippen LogP contribution in [0.4, 0.5) is 9.18 Å². The van der Waals surface area contributed by atoms with E-state index in [0.717, 1.165) is 22.3 Å². The van der Waals surface area contributed by atoms with Crippen LogP contribution in [0.3, 0.4) is 0 Å². The van der Waals surface area contributed by atoms with E-state index in [9.17, 15) is 18.8 Å². The Hall–Kier alpha value is -4.20. The van der Waals surface area contributed by atoms with Gasteiger partial charge in [-0.3, -0.25) is 9.59 Å². The molecule has 35 heavy (non-hydrogen) atoms. The molecule has 0 unspecified atom stereocenters. The van der Waals surface area contributed by atoms with Crippen LogP contribution < -0.4 is 10.6 Å². The summed E-state index contributed by atoms with van der Waals surface area (Å²) in [6.07, 6.45) is -1.25. The van der Waals surface area contributed by atoms with Crippen molar-refractivity contribution >= 4 is 18.0 Å². The molecule has 0 saturated carbocycles. The van der Waals surface area contributed by atoms with Crippen LogP contribution in [0.5, 0.6) is 0 Å². The van der Waals surface area contributed by atoms with E-state index in [1.165, 1.54) is 18.2 Å². The van der Waals surface area contributed by atoms with E-state index in [1.807, 2.05) is 48.5 Å². The smallest absolute Gasteiger partial charge is 0.407 e. The second-order valence-electron chi connectivity index (χ2n) is 8.30. The van der Waals surface area contributed by atoms with Crippen LogP contribution >= 0.6 is 0 Å². The second-order valence-corrected chi connectivity index (χ2v) is 8.30. The quantitative estimate of drug-likeness (QED) is 0.429. The van der Waals surface area contributed by atoms with Gasteiger partial charge in [-0.15, -0.1) is 0 Å². The highest BCUT2D eigenvalue weighted by molar-refractivity contribution is 5.86. The maximum Gasteiger partial charge on any atom is 0.407 e. The predicted octanol–water partition coefficient (Wildman–Crippen LogP) is 4.21. The van der Waals surface area contributed by atoms with Crippen LogP contribution in [0.1, 0.15) is 35.4 Å². The van der Waals surface area contributed by atoms with Crippen molar-refractivity contribution in [2.24, 2.45) is 0 Å². The average molecular weight is 477 g/mol. The molecule has 4 rings (SSSR count). The van der Waals surface area contributed by atoms with Gasteiger partial charge in [0.15, 0.2) is 0 Å². The number of hydrogen-bond donors (Lipinski definition) is 3. The van der Waals surface area contributed by atoms with Crippen molar-refractivity contribution in [2.45, 2.75) is 31.3 Å². The first-order valence-electron chi connectivity index (χ1n) is 11.3. The average Bonchev–Trinajstić information content (AvgIpc) is 3.17. The first-order chi connectivity index (χ1) is 16.9. The summed E-state index contributed by atoms with van der Waals surface area (Å²) in [6.45, 7) is 0.100. The maximum atomic E-state index is 13.4. The summed E-state index contributed by atoms with van der Waals surface area (Å²) >= 11 is 0. The fourth-order valence-electron chi connectivity index (χ4n) is 4.28. The van der Waals surface area contributed by atoms with Gasteiger partial charge in [-0.1, -0.05) is 60.7 Å². The number of benzene rings is 3. The molecule has 8 heteroatoms. The largest absolute Gasteiger partial charge is 0.481 e. The molecule has 0 heterocycles. The van der Waals surface area contributed by atoms with Gasteiger partial charge >= 0.3 is 12.1 Å². The lowest BCUT2D eigenvalue weighted by Crippen LogP contribution is -2.47. The number of fused-ring (bicyclic) bond motifs is 3. The lowest BCUT2D eigenvalue weighted by atomic mass is 9.98. The van der Waals surface area contributed by atoms with E-state index in [2.05, 4.69) is 10.6 Å². The molecule has 1 atom stereocenters. The summed E-state index contributed by atoms with van der Waals surface area (Å²) < 4.78 is 18.9. The minimum atomic E-state index is -1.12. The van der Waals surface area contributed by atoms with Crippen molar-refractivity contribution in [3.63, 3.8) is 0 Å². The molecule has 0 spiro atoms. The minimum absolute atomic E-state index is 0.0343. The van der Waals surface area contributed by atoms with Crippen LogP contribution in [0, 0.1) is 5.82 Å². The molecule has 1 aliphatic rings. The number of alkyl carbamates (subject to hydrolysis) is 1. The number of carbonyl (C=O) groups excluding carboxylic acids is 2. The predicted molar refractivity (Wildman–Crippen MR) is 127 cm³/mol. The number of carboxylic acids is 1. The molecule has 0 saturated heterocycles. The van der Waals surface area contributed by atoms with E-state index in [-0.39, 0.29) is 31.9 Å². The van der Waals surface area contributed by atoms with E-state index in [1.54, 1.807) is 6.07 Å². The van der Waals surface area contributed by atoms with Crippen LogP contribution in [0.25, 0.3) is 11.1 Å². The second kappa shape index (κ2) is 10.8. The highest BCUT2D eigenvalue weighted by atomic mass is 19.1. The highest BCUT2D eigenvalue weighted by Crippen LogP contribution is 2.44. The number of halogens is 1. The normalized spacial score (nSPS) is 12.8. The van der Waals surface area contributed by atoms with Gasteiger partial charge in [-0.2, -0.15) is 0 Å². The fraction of sp³-hybridized carbons (Fsp3) is 0.222. The van der Waals surface area contributed by atoms with Crippen LogP contribution in [0.2, 0.25) is 0 Å².